The maximum atomic E-state index is 13.0. The molecule has 1 aromatic carbocycles. The second-order valence-electron chi connectivity index (χ2n) is 5.07. The van der Waals surface area contributed by atoms with Crippen molar-refractivity contribution in [2.45, 2.75) is 32.4 Å². The number of anilines is 1. The van der Waals surface area contributed by atoms with Crippen molar-refractivity contribution in [1.29, 1.82) is 0 Å². The number of Topliss-reactive ketones (excluding diaryl/α,β-unsaturated/α-hetero) is 1. The summed E-state index contributed by atoms with van der Waals surface area (Å²) in [4.78, 5) is 22.6. The van der Waals surface area contributed by atoms with Gasteiger partial charge in [0.05, 0.1) is 16.8 Å². The van der Waals surface area contributed by atoms with Gasteiger partial charge >= 0.3 is 12.1 Å². The van der Waals surface area contributed by atoms with Crippen LogP contribution in [0.25, 0.3) is 0 Å². The molecule has 7 heteroatoms. The molecule has 4 nitrogen and oxygen atoms in total. The van der Waals surface area contributed by atoms with Gasteiger partial charge < -0.3 is 10.4 Å². The monoisotopic (exact) mass is 313 g/mol. The average Bonchev–Trinajstić information content (AvgIpc) is 2.42. The smallest absolute Gasteiger partial charge is 0.418 e. The van der Waals surface area contributed by atoms with Crippen molar-refractivity contribution in [3.8, 4) is 0 Å². The number of halogens is 3. The molecule has 0 saturated heterocycles. The maximum absolute atomic E-state index is 13.0. The highest BCUT2D eigenvalue weighted by Crippen LogP contribution is 2.37. The molecule has 0 aromatic heterocycles. The molecule has 0 unspecified atom stereocenters. The van der Waals surface area contributed by atoms with Crippen LogP contribution in [0.3, 0.4) is 0 Å². The first kappa shape index (κ1) is 16.1. The lowest BCUT2D eigenvalue weighted by atomic mass is 9.95. The molecule has 0 aliphatic heterocycles. The van der Waals surface area contributed by atoms with Crippen LogP contribution in [-0.4, -0.2) is 16.9 Å². The maximum Gasteiger partial charge on any atom is 0.418 e. The molecule has 118 valence electrons. The van der Waals surface area contributed by atoms with Gasteiger partial charge in [-0.1, -0.05) is 0 Å². The lowest BCUT2D eigenvalue weighted by Crippen LogP contribution is -2.17. The summed E-state index contributed by atoms with van der Waals surface area (Å²) in [5.74, 6) is -1.43. The molecule has 0 spiro atoms. The normalized spacial score (nSPS) is 15.9. The van der Waals surface area contributed by atoms with Crippen LogP contribution in [0.5, 0.6) is 0 Å². The standard InChI is InChI=1S/C15H14F3NO3/c1-8-11(3-2-4-13(8)20)19-12-7-9(14(21)22)5-6-10(12)15(16,17)18/h5-7,19H,2-4H2,1H3,(H,21,22). The lowest BCUT2D eigenvalue weighted by Gasteiger charge is -2.21. The van der Waals surface area contributed by atoms with Crippen LogP contribution >= 0.6 is 0 Å². The fourth-order valence-corrected chi connectivity index (χ4v) is 2.32. The van der Waals surface area contributed by atoms with Gasteiger partial charge in [-0.2, -0.15) is 13.2 Å². The molecule has 0 atom stereocenters. The zero-order chi connectivity index (χ0) is 16.5. The first-order valence-electron chi connectivity index (χ1n) is 6.64. The van der Waals surface area contributed by atoms with Gasteiger partial charge in [0.15, 0.2) is 5.78 Å². The molecule has 0 saturated carbocycles. The van der Waals surface area contributed by atoms with Crippen LogP contribution in [0.2, 0.25) is 0 Å². The summed E-state index contributed by atoms with van der Waals surface area (Å²) in [6.45, 7) is 1.55. The Balaban J connectivity index is 2.48. The minimum atomic E-state index is -4.62. The molecule has 0 fully saturated rings. The van der Waals surface area contributed by atoms with Crippen molar-refractivity contribution >= 4 is 17.4 Å². The summed E-state index contributed by atoms with van der Waals surface area (Å²) >= 11 is 0. The molecule has 0 heterocycles. The molecule has 22 heavy (non-hydrogen) atoms. The second-order valence-corrected chi connectivity index (χ2v) is 5.07. The van der Waals surface area contributed by atoms with Crippen LogP contribution in [-0.2, 0) is 11.0 Å². The van der Waals surface area contributed by atoms with Crippen molar-refractivity contribution in [2.24, 2.45) is 0 Å². The summed E-state index contributed by atoms with van der Waals surface area (Å²) in [6, 6.07) is 2.57. The van der Waals surface area contributed by atoms with Crippen molar-refractivity contribution in [2.75, 3.05) is 5.32 Å². The molecule has 0 bridgehead atoms. The molecule has 1 aromatic rings. The Morgan fingerprint density at radius 2 is 1.95 bits per heavy atom. The molecule has 0 radical (unpaired) electrons. The number of alkyl halides is 3. The lowest BCUT2D eigenvalue weighted by molar-refractivity contribution is -0.137. The zero-order valence-electron chi connectivity index (χ0n) is 11.8. The molecule has 1 aliphatic carbocycles. The average molecular weight is 313 g/mol. The number of carbonyl (C=O) groups is 2. The van der Waals surface area contributed by atoms with E-state index in [-0.39, 0.29) is 17.0 Å². The number of hydrogen-bond donors (Lipinski definition) is 2. The van der Waals surface area contributed by atoms with E-state index >= 15 is 0 Å². The summed E-state index contributed by atoms with van der Waals surface area (Å²) in [7, 11) is 0. The van der Waals surface area contributed by atoms with Gasteiger partial charge in [0, 0.05) is 17.7 Å². The Labute approximate surface area is 124 Å². The Morgan fingerprint density at radius 3 is 2.55 bits per heavy atom. The number of carboxylic acids is 1. The fourth-order valence-electron chi connectivity index (χ4n) is 2.32. The molecular weight excluding hydrogens is 299 g/mol. The van der Waals surface area contributed by atoms with E-state index in [1.54, 1.807) is 6.92 Å². The number of allylic oxidation sites excluding steroid dienone is 2. The number of nitrogens with one attached hydrogen (secondary N) is 1. The van der Waals surface area contributed by atoms with E-state index in [1.165, 1.54) is 0 Å². The number of carbonyl (C=O) groups excluding carboxylic acids is 1. The van der Waals surface area contributed by atoms with Crippen molar-refractivity contribution in [3.63, 3.8) is 0 Å². The van der Waals surface area contributed by atoms with Gasteiger partial charge in [-0.05, 0) is 38.0 Å². The SMILES string of the molecule is CC1=C(Nc2cc(C(=O)O)ccc2C(F)(F)F)CCCC1=O. The molecular formula is C15H14F3NO3. The van der Waals surface area contributed by atoms with Crippen molar-refractivity contribution < 1.29 is 27.9 Å². The van der Waals surface area contributed by atoms with E-state index in [0.29, 0.717) is 30.5 Å². The first-order valence-corrected chi connectivity index (χ1v) is 6.64. The van der Waals surface area contributed by atoms with E-state index in [0.717, 1.165) is 18.2 Å². The van der Waals surface area contributed by atoms with Crippen molar-refractivity contribution in [1.82, 2.24) is 0 Å². The van der Waals surface area contributed by atoms with E-state index in [2.05, 4.69) is 5.32 Å². The highest BCUT2D eigenvalue weighted by atomic mass is 19.4. The van der Waals surface area contributed by atoms with Crippen LogP contribution in [0, 0.1) is 0 Å². The number of rotatable bonds is 3. The van der Waals surface area contributed by atoms with Gasteiger partial charge in [0.1, 0.15) is 0 Å². The van der Waals surface area contributed by atoms with E-state index in [9.17, 15) is 22.8 Å². The summed E-state index contributed by atoms with van der Waals surface area (Å²) in [5.41, 5.74) is -0.771. The van der Waals surface area contributed by atoms with Gasteiger partial charge in [0.2, 0.25) is 0 Å². The third-order valence-electron chi connectivity index (χ3n) is 3.56. The second kappa shape index (κ2) is 5.82. The molecule has 1 aliphatic rings. The third kappa shape index (κ3) is 3.29. The van der Waals surface area contributed by atoms with Crippen LogP contribution in [0.15, 0.2) is 29.5 Å². The van der Waals surface area contributed by atoms with E-state index < -0.39 is 17.7 Å². The number of aromatic carboxylic acids is 1. The van der Waals surface area contributed by atoms with Crippen LogP contribution in [0.4, 0.5) is 18.9 Å². The quantitative estimate of drug-likeness (QED) is 0.889. The highest BCUT2D eigenvalue weighted by Gasteiger charge is 2.34. The first-order chi connectivity index (χ1) is 10.2. The van der Waals surface area contributed by atoms with E-state index in [1.807, 2.05) is 0 Å². The van der Waals surface area contributed by atoms with E-state index in [4.69, 9.17) is 5.11 Å². The van der Waals surface area contributed by atoms with Gasteiger partial charge in [-0.15, -0.1) is 0 Å². The minimum absolute atomic E-state index is 0.114. The van der Waals surface area contributed by atoms with Crippen LogP contribution in [0.1, 0.15) is 42.1 Å². The van der Waals surface area contributed by atoms with Gasteiger partial charge in [-0.3, -0.25) is 4.79 Å². The Kier molecular flexibility index (Phi) is 4.25. The van der Waals surface area contributed by atoms with Crippen LogP contribution < -0.4 is 5.32 Å². The molecule has 2 rings (SSSR count). The predicted octanol–water partition coefficient (Wildman–Crippen LogP) is 3.84. The topological polar surface area (TPSA) is 66.4 Å². The number of ketones is 1. The van der Waals surface area contributed by atoms with Gasteiger partial charge in [-0.25, -0.2) is 4.79 Å². The largest absolute Gasteiger partial charge is 0.478 e. The summed E-state index contributed by atoms with van der Waals surface area (Å²) < 4.78 is 39.1. The number of hydrogen-bond acceptors (Lipinski definition) is 3. The van der Waals surface area contributed by atoms with Crippen molar-refractivity contribution in [3.05, 3.63) is 40.6 Å². The Morgan fingerprint density at radius 1 is 1.27 bits per heavy atom. The zero-order valence-corrected chi connectivity index (χ0v) is 11.8. The summed E-state index contributed by atoms with van der Waals surface area (Å²) in [5, 5.41) is 11.5. The third-order valence-corrected chi connectivity index (χ3v) is 3.56. The summed E-state index contributed by atoms with van der Waals surface area (Å²) in [6.07, 6.45) is -3.24. The minimum Gasteiger partial charge on any atom is -0.478 e. The fraction of sp³-hybridized carbons (Fsp3) is 0.333. The predicted molar refractivity (Wildman–Crippen MR) is 73.6 cm³/mol. The Bertz CT molecular complexity index is 662. The number of benzene rings is 1. The molecule has 2 N–H and O–H groups in total. The van der Waals surface area contributed by atoms with Gasteiger partial charge in [0.25, 0.3) is 0 Å². The molecule has 0 amide bonds. The highest BCUT2D eigenvalue weighted by molar-refractivity contribution is 5.97. The Hall–Kier alpha value is -2.31. The number of carboxylic acid groups (broad SMARTS) is 1.